The monoisotopic (exact) mass is 566 g/mol. The molecule has 1 N–H and O–H groups in total. The minimum absolute atomic E-state index is 0.212. The van der Waals surface area contributed by atoms with Gasteiger partial charge in [0.2, 0.25) is 0 Å². The molecule has 0 saturated heterocycles. The third kappa shape index (κ3) is 26.9. The molecule has 0 radical (unpaired) electrons. The Kier molecular flexibility index (Phi) is 26.1. The Morgan fingerprint density at radius 2 is 1.23 bits per heavy atom. The second-order valence-electron chi connectivity index (χ2n) is 10.3. The largest absolute Gasteiger partial charge is 0.479 e. The van der Waals surface area contributed by atoms with Crippen LogP contribution >= 0.6 is 0 Å². The summed E-state index contributed by atoms with van der Waals surface area (Å²) in [6, 6.07) is 0. The van der Waals surface area contributed by atoms with E-state index in [0.29, 0.717) is 19.3 Å². The van der Waals surface area contributed by atoms with Crippen molar-refractivity contribution in [3.05, 3.63) is 24.8 Å². The van der Waals surface area contributed by atoms with Crippen LogP contribution in [0.1, 0.15) is 135 Å². The van der Waals surface area contributed by atoms with Crippen molar-refractivity contribution in [3.63, 3.8) is 0 Å². The van der Waals surface area contributed by atoms with Crippen molar-refractivity contribution in [1.29, 1.82) is 0 Å². The van der Waals surface area contributed by atoms with Crippen LogP contribution in [0.25, 0.3) is 0 Å². The Morgan fingerprint density at radius 1 is 0.675 bits per heavy atom. The molecule has 8 nitrogen and oxygen atoms in total. The number of carboxylic acids is 1. The van der Waals surface area contributed by atoms with Crippen LogP contribution in [0, 0.1) is 0 Å². The molecule has 0 heterocycles. The molecule has 0 aromatic rings. The predicted octanol–water partition coefficient (Wildman–Crippen LogP) is 7.63. The third-order valence-electron chi connectivity index (χ3n) is 6.49. The van der Waals surface area contributed by atoms with Gasteiger partial charge in [0.1, 0.15) is 6.10 Å². The van der Waals surface area contributed by atoms with Crippen molar-refractivity contribution in [1.82, 2.24) is 0 Å². The molecule has 0 spiro atoms. The summed E-state index contributed by atoms with van der Waals surface area (Å²) in [5, 5.41) is 8.49. The number of unbranched alkanes of at least 4 members (excludes halogenated alkanes) is 13. The molecule has 0 bridgehead atoms. The quantitative estimate of drug-likeness (QED) is 0.0444. The van der Waals surface area contributed by atoms with Crippen LogP contribution in [0.15, 0.2) is 24.8 Å². The molecule has 230 valence electrons. The molecule has 0 aliphatic heterocycles. The average Bonchev–Trinajstić information content (AvgIpc) is 2.93. The highest BCUT2D eigenvalue weighted by Crippen LogP contribution is 2.14. The first-order valence-electron chi connectivity index (χ1n) is 15.4. The van der Waals surface area contributed by atoms with Gasteiger partial charge in [-0.25, -0.2) is 9.59 Å². The third-order valence-corrected chi connectivity index (χ3v) is 6.49. The molecule has 1 unspecified atom stereocenters. The minimum atomic E-state index is -1.14. The molecule has 0 aliphatic carbocycles. The lowest BCUT2D eigenvalue weighted by atomic mass is 10.1. The van der Waals surface area contributed by atoms with Crippen molar-refractivity contribution >= 4 is 23.9 Å². The molecule has 0 aliphatic rings. The fourth-order valence-corrected chi connectivity index (χ4v) is 4.19. The van der Waals surface area contributed by atoms with Gasteiger partial charge in [-0.1, -0.05) is 82.9 Å². The summed E-state index contributed by atoms with van der Waals surface area (Å²) < 4.78 is 15.4. The van der Waals surface area contributed by atoms with Gasteiger partial charge in [0, 0.05) is 19.3 Å². The normalized spacial score (nSPS) is 11.7. The smallest absolute Gasteiger partial charge is 0.344 e. The van der Waals surface area contributed by atoms with E-state index in [1.165, 1.54) is 0 Å². The number of carbonyl (C=O) groups excluding carboxylic acids is 3. The standard InChI is InChI=1S/C32H54O8/c1-3-5-7-9-12-16-21-25-31(36)39-27-32(37)40-28(22-18-8-6-4-2)23-19-15-13-10-11-14-17-20-24-30(35)38-26-29(33)34/h3,15,19,28H,1,4-14,16-18,20-27H2,2H3,(H,33,34)/b19-15+. The van der Waals surface area contributed by atoms with Gasteiger partial charge < -0.3 is 19.3 Å². The van der Waals surface area contributed by atoms with Crippen molar-refractivity contribution in [3.8, 4) is 0 Å². The molecule has 0 aromatic heterocycles. The van der Waals surface area contributed by atoms with Gasteiger partial charge in [0.05, 0.1) is 0 Å². The number of allylic oxidation sites excluding steroid dienone is 2. The zero-order chi connectivity index (χ0) is 29.7. The minimum Gasteiger partial charge on any atom is -0.479 e. The second kappa shape index (κ2) is 27.9. The van der Waals surface area contributed by atoms with Gasteiger partial charge >= 0.3 is 23.9 Å². The Balaban J connectivity index is 4.11. The maximum atomic E-state index is 12.3. The first-order valence-corrected chi connectivity index (χ1v) is 15.4. The zero-order valence-electron chi connectivity index (χ0n) is 24.9. The Labute approximate surface area is 241 Å². The number of ether oxygens (including phenoxy) is 3. The molecule has 0 aromatic carbocycles. The first kappa shape index (κ1) is 37.4. The van der Waals surface area contributed by atoms with Crippen molar-refractivity contribution in [2.45, 2.75) is 141 Å². The predicted molar refractivity (Wildman–Crippen MR) is 157 cm³/mol. The van der Waals surface area contributed by atoms with Crippen LogP contribution in [0.4, 0.5) is 0 Å². The Morgan fingerprint density at radius 3 is 1.82 bits per heavy atom. The average molecular weight is 567 g/mol. The molecule has 0 rings (SSSR count). The summed E-state index contributed by atoms with van der Waals surface area (Å²) in [5.41, 5.74) is 0. The summed E-state index contributed by atoms with van der Waals surface area (Å²) in [5.74, 6) is -2.44. The molecule has 8 heteroatoms. The summed E-state index contributed by atoms with van der Waals surface area (Å²) in [6.45, 7) is 4.97. The molecule has 0 amide bonds. The van der Waals surface area contributed by atoms with E-state index < -0.39 is 24.5 Å². The van der Waals surface area contributed by atoms with E-state index in [0.717, 1.165) is 103 Å². The fraction of sp³-hybridized carbons (Fsp3) is 0.750. The van der Waals surface area contributed by atoms with Crippen LogP contribution in [0.2, 0.25) is 0 Å². The van der Waals surface area contributed by atoms with E-state index in [1.54, 1.807) is 0 Å². The lowest BCUT2D eigenvalue weighted by Gasteiger charge is -2.16. The summed E-state index contributed by atoms with van der Waals surface area (Å²) in [7, 11) is 0. The highest BCUT2D eigenvalue weighted by molar-refractivity contribution is 5.76. The summed E-state index contributed by atoms with van der Waals surface area (Å²) in [4.78, 5) is 46.0. The number of hydrogen-bond donors (Lipinski definition) is 1. The molecular weight excluding hydrogens is 512 g/mol. The van der Waals surface area contributed by atoms with Crippen LogP contribution < -0.4 is 0 Å². The van der Waals surface area contributed by atoms with Crippen LogP contribution in [-0.2, 0) is 33.4 Å². The number of esters is 3. The molecule has 1 atom stereocenters. The zero-order valence-corrected chi connectivity index (χ0v) is 24.9. The van der Waals surface area contributed by atoms with Crippen LogP contribution in [0.3, 0.4) is 0 Å². The van der Waals surface area contributed by atoms with Crippen LogP contribution in [-0.4, -0.2) is 48.3 Å². The van der Waals surface area contributed by atoms with E-state index in [-0.39, 0.29) is 25.1 Å². The van der Waals surface area contributed by atoms with E-state index >= 15 is 0 Å². The van der Waals surface area contributed by atoms with Gasteiger partial charge in [-0.3, -0.25) is 9.59 Å². The van der Waals surface area contributed by atoms with Gasteiger partial charge in [-0.05, 0) is 51.4 Å². The molecule has 0 saturated carbocycles. The number of carbonyl (C=O) groups is 4. The molecule has 40 heavy (non-hydrogen) atoms. The van der Waals surface area contributed by atoms with Crippen molar-refractivity contribution < 1.29 is 38.5 Å². The summed E-state index contributed by atoms with van der Waals surface area (Å²) >= 11 is 0. The second-order valence-corrected chi connectivity index (χ2v) is 10.3. The SMILES string of the molecule is C=CCCCCCCCC(=O)OCC(=O)OC(C/C=C/CCCCCCCC(=O)OCC(=O)O)CCCCCC. The first-order chi connectivity index (χ1) is 19.4. The van der Waals surface area contributed by atoms with Crippen molar-refractivity contribution in [2.24, 2.45) is 0 Å². The molecular formula is C32H54O8. The number of aliphatic carboxylic acids is 1. The number of hydrogen-bond acceptors (Lipinski definition) is 7. The molecule has 0 fully saturated rings. The number of carboxylic acid groups (broad SMARTS) is 1. The van der Waals surface area contributed by atoms with Crippen LogP contribution in [0.5, 0.6) is 0 Å². The highest BCUT2D eigenvalue weighted by atomic mass is 16.6. The van der Waals surface area contributed by atoms with E-state index in [2.05, 4.69) is 30.4 Å². The highest BCUT2D eigenvalue weighted by Gasteiger charge is 2.15. The maximum absolute atomic E-state index is 12.3. The number of rotatable bonds is 28. The fourth-order valence-electron chi connectivity index (χ4n) is 4.19. The topological polar surface area (TPSA) is 116 Å². The van der Waals surface area contributed by atoms with Gasteiger partial charge in [0.15, 0.2) is 13.2 Å². The van der Waals surface area contributed by atoms with Gasteiger partial charge in [0.25, 0.3) is 0 Å². The summed E-state index contributed by atoms with van der Waals surface area (Å²) in [6.07, 6.45) is 24.1. The Hall–Kier alpha value is -2.64. The van der Waals surface area contributed by atoms with E-state index in [9.17, 15) is 19.2 Å². The van der Waals surface area contributed by atoms with E-state index in [4.69, 9.17) is 14.6 Å². The van der Waals surface area contributed by atoms with Gasteiger partial charge in [-0.15, -0.1) is 6.58 Å². The van der Waals surface area contributed by atoms with Crippen molar-refractivity contribution in [2.75, 3.05) is 13.2 Å². The lowest BCUT2D eigenvalue weighted by Crippen LogP contribution is -2.23. The van der Waals surface area contributed by atoms with E-state index in [1.807, 2.05) is 6.08 Å². The van der Waals surface area contributed by atoms with Gasteiger partial charge in [-0.2, -0.15) is 0 Å². The lowest BCUT2D eigenvalue weighted by molar-refractivity contribution is -0.162. The Bertz CT molecular complexity index is 716. The maximum Gasteiger partial charge on any atom is 0.344 e.